The second kappa shape index (κ2) is 7.36. The predicted octanol–water partition coefficient (Wildman–Crippen LogP) is 2.52. The molecule has 0 spiro atoms. The Kier molecular flexibility index (Phi) is 5.51. The average molecular weight is 286 g/mol. The number of aryl methyl sites for hydroxylation is 2. The van der Waals surface area contributed by atoms with Gasteiger partial charge in [-0.15, -0.1) is 5.10 Å². The van der Waals surface area contributed by atoms with Crippen LogP contribution in [-0.4, -0.2) is 27.6 Å². The van der Waals surface area contributed by atoms with Gasteiger partial charge in [0.05, 0.1) is 5.69 Å². The molecule has 1 N–H and O–H groups in total. The van der Waals surface area contributed by atoms with Gasteiger partial charge in [-0.1, -0.05) is 48.9 Å². The maximum atomic E-state index is 4.22. The standard InChI is InChI=1S/C17H26N4/c1-13(2)18-11-16(10-17-12-21(4)20-19-17)9-15-7-5-14(3)6-8-15/h5-8,12-13,16,18H,9-11H2,1-4H3. The molecule has 4 heteroatoms. The molecule has 4 nitrogen and oxygen atoms in total. The Hall–Kier alpha value is -1.68. The fourth-order valence-electron chi connectivity index (χ4n) is 2.46. The molecule has 1 aromatic carbocycles. The Morgan fingerprint density at radius 3 is 2.43 bits per heavy atom. The first-order chi connectivity index (χ1) is 10.0. The Balaban J connectivity index is 2.02. The quantitative estimate of drug-likeness (QED) is 0.850. The van der Waals surface area contributed by atoms with Crippen LogP contribution in [0, 0.1) is 12.8 Å². The number of nitrogens with zero attached hydrogens (tertiary/aromatic N) is 3. The smallest absolute Gasteiger partial charge is 0.0830 e. The van der Waals surface area contributed by atoms with Gasteiger partial charge >= 0.3 is 0 Å². The molecule has 0 bridgehead atoms. The van der Waals surface area contributed by atoms with E-state index in [1.807, 2.05) is 13.2 Å². The van der Waals surface area contributed by atoms with Crippen molar-refractivity contribution in [1.82, 2.24) is 20.3 Å². The molecule has 2 rings (SSSR count). The number of nitrogens with one attached hydrogen (secondary N) is 1. The molecule has 1 atom stereocenters. The number of aromatic nitrogens is 3. The minimum absolute atomic E-state index is 0.507. The normalized spacial score (nSPS) is 12.8. The Labute approximate surface area is 127 Å². The highest BCUT2D eigenvalue weighted by molar-refractivity contribution is 5.22. The van der Waals surface area contributed by atoms with E-state index in [1.54, 1.807) is 4.68 Å². The zero-order valence-corrected chi connectivity index (χ0v) is 13.5. The van der Waals surface area contributed by atoms with Crippen molar-refractivity contribution in [3.63, 3.8) is 0 Å². The average Bonchev–Trinajstić information content (AvgIpc) is 2.84. The van der Waals surface area contributed by atoms with E-state index in [2.05, 4.69) is 60.7 Å². The van der Waals surface area contributed by atoms with Crippen LogP contribution in [0.1, 0.15) is 30.7 Å². The molecule has 2 aromatic rings. The Morgan fingerprint density at radius 1 is 1.14 bits per heavy atom. The molecule has 0 saturated heterocycles. The van der Waals surface area contributed by atoms with Gasteiger partial charge in [-0.2, -0.15) is 0 Å². The van der Waals surface area contributed by atoms with Crippen molar-refractivity contribution < 1.29 is 0 Å². The summed E-state index contributed by atoms with van der Waals surface area (Å²) in [5.41, 5.74) is 3.77. The summed E-state index contributed by atoms with van der Waals surface area (Å²) in [6, 6.07) is 9.34. The summed E-state index contributed by atoms with van der Waals surface area (Å²) in [6.07, 6.45) is 4.04. The van der Waals surface area contributed by atoms with Gasteiger partial charge in [-0.25, -0.2) is 0 Å². The molecular formula is C17H26N4. The van der Waals surface area contributed by atoms with Gasteiger partial charge in [0.2, 0.25) is 0 Å². The van der Waals surface area contributed by atoms with Crippen molar-refractivity contribution in [2.75, 3.05) is 6.54 Å². The summed E-state index contributed by atoms with van der Waals surface area (Å²) in [5, 5.41) is 11.8. The third kappa shape index (κ3) is 5.31. The first kappa shape index (κ1) is 15.7. The molecule has 1 aromatic heterocycles. The Morgan fingerprint density at radius 2 is 1.86 bits per heavy atom. The molecule has 0 radical (unpaired) electrons. The summed E-state index contributed by atoms with van der Waals surface area (Å²) in [4.78, 5) is 0. The lowest BCUT2D eigenvalue weighted by Crippen LogP contribution is -2.31. The maximum absolute atomic E-state index is 4.22. The van der Waals surface area contributed by atoms with Crippen molar-refractivity contribution in [3.8, 4) is 0 Å². The fourth-order valence-corrected chi connectivity index (χ4v) is 2.46. The van der Waals surface area contributed by atoms with E-state index in [0.717, 1.165) is 25.1 Å². The van der Waals surface area contributed by atoms with Gasteiger partial charge in [-0.05, 0) is 37.8 Å². The van der Waals surface area contributed by atoms with Crippen molar-refractivity contribution in [3.05, 3.63) is 47.3 Å². The summed E-state index contributed by atoms with van der Waals surface area (Å²) in [6.45, 7) is 7.50. The second-order valence-corrected chi connectivity index (χ2v) is 6.21. The zero-order chi connectivity index (χ0) is 15.2. The molecule has 21 heavy (non-hydrogen) atoms. The molecule has 0 saturated carbocycles. The molecule has 0 aliphatic rings. The monoisotopic (exact) mass is 286 g/mol. The van der Waals surface area contributed by atoms with Crippen molar-refractivity contribution in [2.24, 2.45) is 13.0 Å². The summed E-state index contributed by atoms with van der Waals surface area (Å²) in [5.74, 6) is 0.534. The molecule has 0 aliphatic heterocycles. The minimum atomic E-state index is 0.507. The largest absolute Gasteiger partial charge is 0.314 e. The van der Waals surface area contributed by atoms with E-state index >= 15 is 0 Å². The minimum Gasteiger partial charge on any atom is -0.314 e. The topological polar surface area (TPSA) is 42.7 Å². The van der Waals surface area contributed by atoms with Crippen LogP contribution in [0.5, 0.6) is 0 Å². The fraction of sp³-hybridized carbons (Fsp3) is 0.529. The van der Waals surface area contributed by atoms with Crippen molar-refractivity contribution in [2.45, 2.75) is 39.7 Å². The Bertz CT molecular complexity index is 542. The van der Waals surface area contributed by atoms with Gasteiger partial charge in [0.1, 0.15) is 0 Å². The second-order valence-electron chi connectivity index (χ2n) is 6.21. The molecular weight excluding hydrogens is 260 g/mol. The van der Waals surface area contributed by atoms with E-state index in [0.29, 0.717) is 12.0 Å². The van der Waals surface area contributed by atoms with Crippen LogP contribution >= 0.6 is 0 Å². The lowest BCUT2D eigenvalue weighted by molar-refractivity contribution is 0.441. The highest BCUT2D eigenvalue weighted by atomic mass is 15.4. The van der Waals surface area contributed by atoms with Crippen LogP contribution in [0.3, 0.4) is 0 Å². The SMILES string of the molecule is Cc1ccc(CC(CNC(C)C)Cc2cn(C)nn2)cc1. The van der Waals surface area contributed by atoms with Gasteiger partial charge in [0.15, 0.2) is 0 Å². The summed E-state index contributed by atoms with van der Waals surface area (Å²) < 4.78 is 1.77. The van der Waals surface area contributed by atoms with Gasteiger partial charge in [-0.3, -0.25) is 4.68 Å². The lowest BCUT2D eigenvalue weighted by Gasteiger charge is -2.18. The number of rotatable bonds is 7. The van der Waals surface area contributed by atoms with Crippen molar-refractivity contribution in [1.29, 1.82) is 0 Å². The molecule has 0 fully saturated rings. The van der Waals surface area contributed by atoms with Crippen LogP contribution in [0.25, 0.3) is 0 Å². The molecule has 0 amide bonds. The first-order valence-corrected chi connectivity index (χ1v) is 7.67. The van der Waals surface area contributed by atoms with Crippen LogP contribution in [-0.2, 0) is 19.9 Å². The first-order valence-electron chi connectivity index (χ1n) is 7.67. The summed E-state index contributed by atoms with van der Waals surface area (Å²) in [7, 11) is 1.91. The summed E-state index contributed by atoms with van der Waals surface area (Å²) >= 11 is 0. The highest BCUT2D eigenvalue weighted by Gasteiger charge is 2.13. The zero-order valence-electron chi connectivity index (χ0n) is 13.5. The van der Waals surface area contributed by atoms with E-state index in [-0.39, 0.29) is 0 Å². The van der Waals surface area contributed by atoms with Gasteiger partial charge in [0, 0.05) is 19.3 Å². The number of hydrogen-bond acceptors (Lipinski definition) is 3. The van der Waals surface area contributed by atoms with E-state index < -0.39 is 0 Å². The lowest BCUT2D eigenvalue weighted by atomic mass is 9.94. The molecule has 0 aliphatic carbocycles. The van der Waals surface area contributed by atoms with Crippen LogP contribution in [0.2, 0.25) is 0 Å². The van der Waals surface area contributed by atoms with Gasteiger partial charge < -0.3 is 5.32 Å². The van der Waals surface area contributed by atoms with Gasteiger partial charge in [0.25, 0.3) is 0 Å². The van der Waals surface area contributed by atoms with Crippen molar-refractivity contribution >= 4 is 0 Å². The third-order valence-corrected chi connectivity index (χ3v) is 3.61. The van der Waals surface area contributed by atoms with E-state index in [4.69, 9.17) is 0 Å². The van der Waals surface area contributed by atoms with Crippen LogP contribution in [0.15, 0.2) is 30.5 Å². The maximum Gasteiger partial charge on any atom is 0.0830 e. The third-order valence-electron chi connectivity index (χ3n) is 3.61. The predicted molar refractivity (Wildman–Crippen MR) is 86.2 cm³/mol. The van der Waals surface area contributed by atoms with E-state index in [9.17, 15) is 0 Å². The molecule has 1 heterocycles. The molecule has 1 unspecified atom stereocenters. The number of benzene rings is 1. The molecule has 114 valence electrons. The van der Waals surface area contributed by atoms with Crippen LogP contribution < -0.4 is 5.32 Å². The van der Waals surface area contributed by atoms with Crippen LogP contribution in [0.4, 0.5) is 0 Å². The van der Waals surface area contributed by atoms with E-state index in [1.165, 1.54) is 11.1 Å². The highest BCUT2D eigenvalue weighted by Crippen LogP contribution is 2.14. The number of hydrogen-bond donors (Lipinski definition) is 1.